The van der Waals surface area contributed by atoms with Gasteiger partial charge in [0.2, 0.25) is 16.0 Å². The van der Waals surface area contributed by atoms with Gasteiger partial charge in [0.25, 0.3) is 5.78 Å². The predicted octanol–water partition coefficient (Wildman–Crippen LogP) is 3.54. The molecule has 1 aliphatic heterocycles. The van der Waals surface area contributed by atoms with Crippen LogP contribution in [0.4, 0.5) is 5.95 Å². The van der Waals surface area contributed by atoms with Gasteiger partial charge in [0.15, 0.2) is 0 Å². The normalized spacial score (nSPS) is 15.2. The zero-order chi connectivity index (χ0) is 24.0. The molecule has 5 rings (SSSR count). The Morgan fingerprint density at radius 1 is 0.853 bits per heavy atom. The molecule has 2 aromatic carbocycles. The molecule has 0 unspecified atom stereocenters. The van der Waals surface area contributed by atoms with Crippen LogP contribution in [-0.4, -0.2) is 58.5 Å². The van der Waals surface area contributed by atoms with Crippen LogP contribution in [0.3, 0.4) is 0 Å². The van der Waals surface area contributed by atoms with Gasteiger partial charge in [-0.2, -0.15) is 13.8 Å². The summed E-state index contributed by atoms with van der Waals surface area (Å²) in [7, 11) is -3.57. The second-order valence-corrected chi connectivity index (χ2v) is 10.8. The Hall–Kier alpha value is -3.30. The number of aromatic nitrogens is 4. The number of anilines is 1. The quantitative estimate of drug-likeness (QED) is 0.448. The number of hydrogen-bond acceptors (Lipinski definition) is 6. The molecule has 4 aromatic rings. The van der Waals surface area contributed by atoms with E-state index in [2.05, 4.69) is 29.0 Å². The number of nitrogens with zero attached hydrogens (tertiary/aromatic N) is 6. The lowest BCUT2D eigenvalue weighted by Crippen LogP contribution is -2.49. The summed E-state index contributed by atoms with van der Waals surface area (Å²) >= 11 is 0. The van der Waals surface area contributed by atoms with Crippen molar-refractivity contribution in [2.75, 3.05) is 31.1 Å². The van der Waals surface area contributed by atoms with Crippen molar-refractivity contribution in [3.8, 4) is 11.3 Å². The minimum absolute atomic E-state index is 0.378. The van der Waals surface area contributed by atoms with Crippen molar-refractivity contribution < 1.29 is 8.42 Å². The smallest absolute Gasteiger partial charge is 0.254 e. The predicted molar refractivity (Wildman–Crippen MR) is 133 cm³/mol. The molecule has 8 nitrogen and oxygen atoms in total. The molecule has 0 N–H and O–H groups in total. The standard InChI is InChI=1S/C25H28N6O2S/c1-17-6-5-7-21(16-17)22-8-9-26-24-27-25(28-31(22)24)29-10-12-30(13-11-29)34(32,33)23-19(3)14-18(2)15-20(23)4/h5-9,14-16H,10-13H2,1-4H3. The Bertz CT molecular complexity index is 1460. The van der Waals surface area contributed by atoms with Crippen molar-refractivity contribution in [3.63, 3.8) is 0 Å². The molecule has 1 fully saturated rings. The van der Waals surface area contributed by atoms with E-state index in [4.69, 9.17) is 5.10 Å². The largest absolute Gasteiger partial charge is 0.337 e. The topological polar surface area (TPSA) is 83.7 Å². The second-order valence-electron chi connectivity index (χ2n) is 8.94. The van der Waals surface area contributed by atoms with Gasteiger partial charge in [-0.1, -0.05) is 41.5 Å². The van der Waals surface area contributed by atoms with E-state index >= 15 is 0 Å². The maximum Gasteiger partial charge on any atom is 0.254 e. The molecule has 0 saturated carbocycles. The third-order valence-electron chi connectivity index (χ3n) is 6.27. The third-order valence-corrected chi connectivity index (χ3v) is 8.47. The molecular weight excluding hydrogens is 448 g/mol. The first-order valence-corrected chi connectivity index (χ1v) is 12.8. The summed E-state index contributed by atoms with van der Waals surface area (Å²) in [6.07, 6.45) is 1.74. The van der Waals surface area contributed by atoms with Crippen LogP contribution >= 0.6 is 0 Å². The molecule has 0 atom stereocenters. The monoisotopic (exact) mass is 476 g/mol. The fraction of sp³-hybridized carbons (Fsp3) is 0.320. The Morgan fingerprint density at radius 2 is 1.56 bits per heavy atom. The van der Waals surface area contributed by atoms with E-state index in [-0.39, 0.29) is 0 Å². The van der Waals surface area contributed by atoms with Crippen molar-refractivity contribution in [2.24, 2.45) is 0 Å². The first-order chi connectivity index (χ1) is 16.2. The van der Waals surface area contributed by atoms with Crippen molar-refractivity contribution in [1.29, 1.82) is 0 Å². The van der Waals surface area contributed by atoms with Crippen LogP contribution in [0.1, 0.15) is 22.3 Å². The van der Waals surface area contributed by atoms with Crippen LogP contribution in [0.2, 0.25) is 0 Å². The minimum Gasteiger partial charge on any atom is -0.337 e. The number of piperazine rings is 1. The van der Waals surface area contributed by atoms with Gasteiger partial charge in [0.1, 0.15) is 0 Å². The summed E-state index contributed by atoms with van der Waals surface area (Å²) in [6, 6.07) is 14.0. The molecule has 34 heavy (non-hydrogen) atoms. The molecule has 0 spiro atoms. The van der Waals surface area contributed by atoms with E-state index < -0.39 is 10.0 Å². The van der Waals surface area contributed by atoms with Crippen molar-refractivity contribution in [2.45, 2.75) is 32.6 Å². The molecule has 0 bridgehead atoms. The van der Waals surface area contributed by atoms with Gasteiger partial charge >= 0.3 is 0 Å². The van der Waals surface area contributed by atoms with Crippen LogP contribution in [0.5, 0.6) is 0 Å². The number of rotatable bonds is 4. The van der Waals surface area contributed by atoms with E-state index in [9.17, 15) is 8.42 Å². The van der Waals surface area contributed by atoms with Gasteiger partial charge in [0.05, 0.1) is 10.6 Å². The Kier molecular flexibility index (Phi) is 5.61. The highest BCUT2D eigenvalue weighted by atomic mass is 32.2. The molecule has 1 saturated heterocycles. The average Bonchev–Trinajstić information content (AvgIpc) is 3.23. The van der Waals surface area contributed by atoms with E-state index in [0.717, 1.165) is 27.9 Å². The first-order valence-electron chi connectivity index (χ1n) is 11.4. The van der Waals surface area contributed by atoms with E-state index in [0.29, 0.717) is 42.8 Å². The number of sulfonamides is 1. The lowest BCUT2D eigenvalue weighted by Gasteiger charge is -2.33. The fourth-order valence-electron chi connectivity index (χ4n) is 4.77. The molecule has 0 radical (unpaired) electrons. The number of hydrogen-bond donors (Lipinski definition) is 0. The number of benzene rings is 2. The molecule has 3 heterocycles. The molecule has 2 aromatic heterocycles. The van der Waals surface area contributed by atoms with Gasteiger partial charge in [-0.25, -0.2) is 13.4 Å². The van der Waals surface area contributed by atoms with Crippen LogP contribution in [0.15, 0.2) is 53.6 Å². The average molecular weight is 477 g/mol. The molecule has 0 aliphatic carbocycles. The van der Waals surface area contributed by atoms with E-state index in [1.807, 2.05) is 56.0 Å². The van der Waals surface area contributed by atoms with Gasteiger partial charge in [-0.15, -0.1) is 5.10 Å². The van der Waals surface area contributed by atoms with Gasteiger partial charge in [-0.3, -0.25) is 0 Å². The number of aryl methyl sites for hydroxylation is 4. The van der Waals surface area contributed by atoms with Crippen LogP contribution in [-0.2, 0) is 10.0 Å². The van der Waals surface area contributed by atoms with Gasteiger partial charge < -0.3 is 4.90 Å². The zero-order valence-corrected chi connectivity index (χ0v) is 20.7. The highest BCUT2D eigenvalue weighted by Gasteiger charge is 2.32. The summed E-state index contributed by atoms with van der Waals surface area (Å²) < 4.78 is 30.2. The van der Waals surface area contributed by atoms with Crippen LogP contribution in [0, 0.1) is 27.7 Å². The maximum absolute atomic E-state index is 13.4. The highest BCUT2D eigenvalue weighted by Crippen LogP contribution is 2.27. The Morgan fingerprint density at radius 3 is 2.24 bits per heavy atom. The molecule has 176 valence electrons. The van der Waals surface area contributed by atoms with Gasteiger partial charge in [-0.05, 0) is 51.0 Å². The second kappa shape index (κ2) is 8.48. The van der Waals surface area contributed by atoms with Crippen LogP contribution < -0.4 is 4.90 Å². The van der Waals surface area contributed by atoms with Gasteiger partial charge in [0, 0.05) is 37.9 Å². The number of fused-ring (bicyclic) bond motifs is 1. The molecule has 0 amide bonds. The molecule has 1 aliphatic rings. The maximum atomic E-state index is 13.4. The van der Waals surface area contributed by atoms with Crippen LogP contribution in [0.25, 0.3) is 17.0 Å². The van der Waals surface area contributed by atoms with Crippen molar-refractivity contribution >= 4 is 21.7 Å². The first kappa shape index (κ1) is 22.5. The third kappa shape index (κ3) is 3.95. The van der Waals surface area contributed by atoms with E-state index in [1.165, 1.54) is 5.56 Å². The Balaban J connectivity index is 1.39. The summed E-state index contributed by atoms with van der Waals surface area (Å²) in [5, 5.41) is 4.73. The minimum atomic E-state index is -3.57. The fourth-order valence-corrected chi connectivity index (χ4v) is 6.61. The zero-order valence-electron chi connectivity index (χ0n) is 19.9. The lowest BCUT2D eigenvalue weighted by molar-refractivity contribution is 0.382. The van der Waals surface area contributed by atoms with Crippen molar-refractivity contribution in [3.05, 3.63) is 70.9 Å². The summed E-state index contributed by atoms with van der Waals surface area (Å²) in [5.74, 6) is 1.09. The van der Waals surface area contributed by atoms with E-state index in [1.54, 1.807) is 15.0 Å². The highest BCUT2D eigenvalue weighted by molar-refractivity contribution is 7.89. The van der Waals surface area contributed by atoms with Crippen molar-refractivity contribution in [1.82, 2.24) is 23.9 Å². The molecule has 9 heteroatoms. The summed E-state index contributed by atoms with van der Waals surface area (Å²) in [4.78, 5) is 11.5. The Labute approximate surface area is 199 Å². The molecular formula is C25H28N6O2S. The summed E-state index contributed by atoms with van der Waals surface area (Å²) in [6.45, 7) is 9.55. The lowest BCUT2D eigenvalue weighted by atomic mass is 10.1. The SMILES string of the molecule is Cc1cccc(-c2ccnc3nc(N4CCN(S(=O)(=O)c5c(C)cc(C)cc5C)CC4)nn23)c1. The summed E-state index contributed by atoms with van der Waals surface area (Å²) in [5.41, 5.74) is 5.77.